The number of furan rings is 1. The van der Waals surface area contributed by atoms with Gasteiger partial charge in [-0.2, -0.15) is 0 Å². The smallest absolute Gasteiger partial charge is 0.216 e. The van der Waals surface area contributed by atoms with Crippen LogP contribution >= 0.6 is 0 Å². The van der Waals surface area contributed by atoms with Crippen molar-refractivity contribution in [1.29, 1.82) is 0 Å². The van der Waals surface area contributed by atoms with Crippen molar-refractivity contribution in [1.82, 2.24) is 24.5 Å². The Labute approximate surface area is 415 Å². The van der Waals surface area contributed by atoms with E-state index in [2.05, 4.69) is 196 Å². The molecule has 0 fully saturated rings. The molecule has 1 radical (unpaired) electrons. The third-order valence-electron chi connectivity index (χ3n) is 12.8. The van der Waals surface area contributed by atoms with Crippen molar-refractivity contribution >= 4 is 72.4 Å². The normalized spacial score (nSPS) is 11.7. The summed E-state index contributed by atoms with van der Waals surface area (Å²) in [6.45, 7) is 13.6. The molecule has 0 aliphatic heterocycles. The molecule has 8 heteroatoms. The Kier molecular flexibility index (Phi) is 13.1. The zero-order chi connectivity index (χ0) is 46.6. The molecule has 6 nitrogen and oxygen atoms in total. The van der Waals surface area contributed by atoms with Gasteiger partial charge in [-0.15, -0.1) is 17.7 Å². The molecule has 5 heterocycles. The van der Waals surface area contributed by atoms with Crippen LogP contribution in [0, 0.1) is 45.7 Å². The molecule has 0 aliphatic rings. The van der Waals surface area contributed by atoms with Crippen LogP contribution in [0.25, 0.3) is 88.7 Å². The molecule has 0 unspecified atom stereocenters. The molecule has 0 amide bonds. The topological polar surface area (TPSA) is 69.6 Å². The number of nitrogens with zero attached hydrogens (tertiary/aromatic N) is 5. The van der Waals surface area contributed by atoms with Crippen LogP contribution in [0.3, 0.4) is 0 Å². The summed E-state index contributed by atoms with van der Waals surface area (Å²) in [6, 6.07) is 53.5. The third-order valence-corrected chi connectivity index (χ3v) is 17.2. The summed E-state index contributed by atoms with van der Waals surface area (Å²) in [4.78, 5) is 20.0. The Bertz CT molecular complexity index is 3640. The van der Waals surface area contributed by atoms with Crippen molar-refractivity contribution in [3.63, 3.8) is 0 Å². The maximum Gasteiger partial charge on any atom is 0.216 e. The SMILES string of the molecule is CC(C)Cc1cc(-c2[c-]cc3ccccc3c2)nc[c]1[Ge]([CH3])([CH3])[CH3].Cc1ccc2ccc3nc(-c4[c-]cc(C)c5c4oc4nc(-c6c(C)cccc6C)ccc45)n(Cc4ccccc4)c3c2n1.[Ir]. The first-order valence-electron chi connectivity index (χ1n) is 23.3. The van der Waals surface area contributed by atoms with E-state index in [-0.39, 0.29) is 20.1 Å². The molecule has 0 bridgehead atoms. The zero-order valence-corrected chi connectivity index (χ0v) is 44.7. The van der Waals surface area contributed by atoms with E-state index in [0.717, 1.165) is 89.9 Å². The van der Waals surface area contributed by atoms with Crippen LogP contribution in [0.4, 0.5) is 0 Å². The number of fused-ring (bicyclic) bond motifs is 7. The zero-order valence-electron chi connectivity index (χ0n) is 40.2. The minimum atomic E-state index is -1.91. The molecule has 0 saturated heterocycles. The van der Waals surface area contributed by atoms with E-state index in [0.29, 0.717) is 18.2 Å². The van der Waals surface area contributed by atoms with Gasteiger partial charge in [0.05, 0.1) is 33.7 Å². The summed E-state index contributed by atoms with van der Waals surface area (Å²) in [7, 11) is 0. The van der Waals surface area contributed by atoms with Gasteiger partial charge < -0.3 is 8.98 Å². The first kappa shape index (κ1) is 46.8. The molecule has 0 aliphatic carbocycles. The van der Waals surface area contributed by atoms with E-state index in [1.807, 2.05) is 19.1 Å². The van der Waals surface area contributed by atoms with Crippen molar-refractivity contribution in [2.75, 3.05) is 0 Å². The molecule has 0 spiro atoms. The average Bonchev–Trinajstić information content (AvgIpc) is 3.88. The predicted octanol–water partition coefficient (Wildman–Crippen LogP) is 14.7. The number of benzene rings is 6. The molecule has 0 atom stereocenters. The van der Waals surface area contributed by atoms with Crippen molar-refractivity contribution < 1.29 is 24.5 Å². The van der Waals surface area contributed by atoms with E-state index in [1.54, 1.807) is 0 Å². The molecule has 0 saturated carbocycles. The number of hydrogen-bond donors (Lipinski definition) is 0. The second-order valence-corrected chi connectivity index (χ2v) is 30.1. The van der Waals surface area contributed by atoms with Gasteiger partial charge >= 0.3 is 148 Å². The van der Waals surface area contributed by atoms with Gasteiger partial charge in [0, 0.05) is 48.7 Å². The van der Waals surface area contributed by atoms with Crippen molar-refractivity contribution in [3.8, 4) is 33.9 Å². The summed E-state index contributed by atoms with van der Waals surface area (Å²) in [6.07, 6.45) is 3.27. The number of imidazole rings is 1. The van der Waals surface area contributed by atoms with Crippen LogP contribution in [0.5, 0.6) is 0 Å². The van der Waals surface area contributed by atoms with Crippen LogP contribution in [0.2, 0.25) is 17.3 Å². The fourth-order valence-electron chi connectivity index (χ4n) is 9.60. The van der Waals surface area contributed by atoms with Gasteiger partial charge in [-0.1, -0.05) is 78.5 Å². The number of rotatable bonds is 8. The Balaban J connectivity index is 0.000000197. The molecule has 68 heavy (non-hydrogen) atoms. The maximum atomic E-state index is 6.66. The van der Waals surface area contributed by atoms with E-state index in [9.17, 15) is 0 Å². The molecule has 0 N–H and O–H groups in total. The average molecular weight is 1130 g/mol. The van der Waals surface area contributed by atoms with E-state index in [4.69, 9.17) is 24.4 Å². The number of aromatic nitrogens is 5. The van der Waals surface area contributed by atoms with Gasteiger partial charge in [-0.25, -0.2) is 4.98 Å². The number of aryl methyl sites for hydroxylation is 4. The standard InChI is InChI=1S/C38H29N4O.C22H26GeN.Ir/c1-22-9-8-10-23(2)32(22)30-20-18-28-33-24(3)13-17-29(36(33)43-38(28)41-30)37-40-31-19-16-27-15-14-25(4)39-34(27)35(31)42(37)21-26-11-6-5-7-12-26;1-16(2)12-20-14-22(24-15-21(20)23(3,4)5)19-11-10-17-8-6-7-9-18(17)13-19;/h5-16,18-20H,21H2,1-4H3;6-10,13-16H,12H2,1-5H3;/q2*-1;. The molecule has 11 rings (SSSR count). The summed E-state index contributed by atoms with van der Waals surface area (Å²) >= 11 is -1.91. The van der Waals surface area contributed by atoms with Gasteiger partial charge in [0.2, 0.25) is 5.71 Å². The minimum absolute atomic E-state index is 0. The molecular weight excluding hydrogens is 1070 g/mol. The maximum absolute atomic E-state index is 6.66. The first-order valence-corrected chi connectivity index (χ1v) is 30.7. The summed E-state index contributed by atoms with van der Waals surface area (Å²) in [5, 5.41) is 5.59. The Morgan fingerprint density at radius 1 is 0.676 bits per heavy atom. The van der Waals surface area contributed by atoms with Gasteiger partial charge in [-0.3, -0.25) is 9.97 Å². The van der Waals surface area contributed by atoms with Crippen molar-refractivity contribution in [2.24, 2.45) is 5.92 Å². The van der Waals surface area contributed by atoms with Crippen LogP contribution in [0.1, 0.15) is 47.4 Å². The first-order chi connectivity index (χ1) is 32.3. The Morgan fingerprint density at radius 3 is 2.16 bits per heavy atom. The van der Waals surface area contributed by atoms with Gasteiger partial charge in [0.25, 0.3) is 0 Å². The van der Waals surface area contributed by atoms with E-state index in [1.165, 1.54) is 37.4 Å². The second kappa shape index (κ2) is 19.0. The monoisotopic (exact) mass is 1130 g/mol. The van der Waals surface area contributed by atoms with Gasteiger partial charge in [0.1, 0.15) is 0 Å². The molecule has 5 aromatic heterocycles. The Hall–Kier alpha value is -6.25. The summed E-state index contributed by atoms with van der Waals surface area (Å²) in [5.41, 5.74) is 16.3. The fraction of sp³-hybridized carbons (Fsp3) is 0.200. The molecule has 341 valence electrons. The van der Waals surface area contributed by atoms with Gasteiger partial charge in [-0.05, 0) is 61.7 Å². The third kappa shape index (κ3) is 9.08. The predicted molar refractivity (Wildman–Crippen MR) is 282 cm³/mol. The molecule has 11 aromatic rings. The van der Waals surface area contributed by atoms with E-state index < -0.39 is 13.3 Å². The van der Waals surface area contributed by atoms with Crippen LogP contribution in [0.15, 0.2) is 144 Å². The largest absolute Gasteiger partial charge is 0.486 e. The van der Waals surface area contributed by atoms with Crippen LogP contribution in [-0.2, 0) is 33.1 Å². The molecular formula is C60H55GeIrN5O-2. The minimum Gasteiger partial charge on any atom is -0.486 e. The van der Waals surface area contributed by atoms with Crippen molar-refractivity contribution in [2.45, 2.75) is 71.8 Å². The van der Waals surface area contributed by atoms with Gasteiger partial charge in [0.15, 0.2) is 0 Å². The number of hydrogen-bond acceptors (Lipinski definition) is 5. The number of pyridine rings is 3. The fourth-order valence-corrected chi connectivity index (χ4v) is 12.9. The second-order valence-electron chi connectivity index (χ2n) is 19.5. The summed E-state index contributed by atoms with van der Waals surface area (Å²) < 4.78 is 10.5. The Morgan fingerprint density at radius 2 is 1.41 bits per heavy atom. The van der Waals surface area contributed by atoms with Crippen LogP contribution < -0.4 is 4.40 Å². The van der Waals surface area contributed by atoms with E-state index >= 15 is 0 Å². The summed E-state index contributed by atoms with van der Waals surface area (Å²) in [5.74, 6) is 8.80. The quantitative estimate of drug-likeness (QED) is 0.112. The molecule has 6 aromatic carbocycles. The van der Waals surface area contributed by atoms with Crippen LogP contribution in [-0.4, -0.2) is 37.8 Å². The van der Waals surface area contributed by atoms with Crippen molar-refractivity contribution in [3.05, 3.63) is 185 Å².